The van der Waals surface area contributed by atoms with Gasteiger partial charge in [-0.3, -0.25) is 9.78 Å². The molecule has 0 spiro atoms. The lowest BCUT2D eigenvalue weighted by atomic mass is 10.2. The molecular formula is C20H15ClN4OS. The van der Waals surface area contributed by atoms with E-state index in [9.17, 15) is 4.79 Å². The van der Waals surface area contributed by atoms with Gasteiger partial charge in [-0.25, -0.2) is 4.68 Å². The van der Waals surface area contributed by atoms with Gasteiger partial charge in [-0.2, -0.15) is 5.10 Å². The zero-order valence-electron chi connectivity index (χ0n) is 14.2. The summed E-state index contributed by atoms with van der Waals surface area (Å²) in [5, 5.41) is 10.1. The number of benzene rings is 1. The SMILES string of the molecule is O=C(NCc1ccncc1)c1cc(-c2cccs2)nn1-c1cccc(Cl)c1. The van der Waals surface area contributed by atoms with E-state index in [4.69, 9.17) is 11.6 Å². The average molecular weight is 395 g/mol. The highest BCUT2D eigenvalue weighted by molar-refractivity contribution is 7.13. The summed E-state index contributed by atoms with van der Waals surface area (Å²) in [5.74, 6) is -0.206. The van der Waals surface area contributed by atoms with Gasteiger partial charge in [-0.05, 0) is 53.4 Å². The summed E-state index contributed by atoms with van der Waals surface area (Å²) in [7, 11) is 0. The number of thiophene rings is 1. The standard InChI is InChI=1S/C20H15ClN4OS/c21-15-3-1-4-16(11-15)25-18(12-17(24-25)19-5-2-10-27-19)20(26)23-13-14-6-8-22-9-7-14/h1-12H,13H2,(H,23,26). The van der Waals surface area contributed by atoms with Crippen molar-refractivity contribution < 1.29 is 4.79 Å². The molecule has 0 saturated heterocycles. The largest absolute Gasteiger partial charge is 0.347 e. The summed E-state index contributed by atoms with van der Waals surface area (Å²) >= 11 is 7.71. The van der Waals surface area contributed by atoms with Crippen molar-refractivity contribution in [2.24, 2.45) is 0 Å². The van der Waals surface area contributed by atoms with Gasteiger partial charge >= 0.3 is 0 Å². The molecule has 0 aliphatic heterocycles. The van der Waals surface area contributed by atoms with Crippen molar-refractivity contribution in [3.63, 3.8) is 0 Å². The molecule has 0 aliphatic rings. The number of carbonyl (C=O) groups excluding carboxylic acids is 1. The molecule has 0 atom stereocenters. The number of halogens is 1. The first-order chi connectivity index (χ1) is 13.2. The minimum absolute atomic E-state index is 0.206. The van der Waals surface area contributed by atoms with Crippen molar-refractivity contribution in [3.8, 4) is 16.3 Å². The fourth-order valence-electron chi connectivity index (χ4n) is 2.67. The molecule has 3 heterocycles. The van der Waals surface area contributed by atoms with Crippen LogP contribution in [0.5, 0.6) is 0 Å². The Balaban J connectivity index is 1.68. The summed E-state index contributed by atoms with van der Waals surface area (Å²) < 4.78 is 1.63. The Labute approximate surface area is 165 Å². The molecular weight excluding hydrogens is 380 g/mol. The first-order valence-corrected chi connectivity index (χ1v) is 9.53. The van der Waals surface area contributed by atoms with Gasteiger partial charge in [0.15, 0.2) is 0 Å². The van der Waals surface area contributed by atoms with E-state index in [-0.39, 0.29) is 5.91 Å². The van der Waals surface area contributed by atoms with Gasteiger partial charge in [0, 0.05) is 24.0 Å². The molecule has 134 valence electrons. The number of rotatable bonds is 5. The first-order valence-electron chi connectivity index (χ1n) is 8.28. The molecule has 0 aliphatic carbocycles. The molecule has 4 aromatic rings. The van der Waals surface area contributed by atoms with Gasteiger partial charge in [-0.1, -0.05) is 23.7 Å². The van der Waals surface area contributed by atoms with Crippen molar-refractivity contribution in [1.82, 2.24) is 20.1 Å². The molecule has 0 radical (unpaired) electrons. The molecule has 0 saturated carbocycles. The van der Waals surface area contributed by atoms with Gasteiger partial charge < -0.3 is 5.32 Å². The third kappa shape index (κ3) is 3.92. The summed E-state index contributed by atoms with van der Waals surface area (Å²) in [4.78, 5) is 17.8. The summed E-state index contributed by atoms with van der Waals surface area (Å²) in [6.45, 7) is 0.413. The molecule has 1 amide bonds. The van der Waals surface area contributed by atoms with E-state index in [2.05, 4.69) is 15.4 Å². The van der Waals surface area contributed by atoms with E-state index < -0.39 is 0 Å². The normalized spacial score (nSPS) is 10.7. The van der Waals surface area contributed by atoms with Crippen LogP contribution in [0.3, 0.4) is 0 Å². The van der Waals surface area contributed by atoms with E-state index in [1.165, 1.54) is 0 Å². The van der Waals surface area contributed by atoms with Crippen molar-refractivity contribution in [2.75, 3.05) is 0 Å². The van der Waals surface area contributed by atoms with Gasteiger partial charge in [0.25, 0.3) is 5.91 Å². The Hall–Kier alpha value is -2.96. The lowest BCUT2D eigenvalue weighted by Gasteiger charge is -2.08. The van der Waals surface area contributed by atoms with Crippen LogP contribution in [0.4, 0.5) is 0 Å². The van der Waals surface area contributed by atoms with Crippen molar-refractivity contribution in [3.05, 3.63) is 88.7 Å². The van der Waals surface area contributed by atoms with E-state index in [0.717, 1.165) is 21.8 Å². The van der Waals surface area contributed by atoms with Gasteiger partial charge in [0.1, 0.15) is 11.4 Å². The lowest BCUT2D eigenvalue weighted by Crippen LogP contribution is -2.25. The van der Waals surface area contributed by atoms with Crippen LogP contribution in [0.1, 0.15) is 16.1 Å². The van der Waals surface area contributed by atoms with Crippen LogP contribution in [0, 0.1) is 0 Å². The summed E-state index contributed by atoms with van der Waals surface area (Å²) in [5.41, 5.74) is 2.92. The van der Waals surface area contributed by atoms with Crippen LogP contribution in [0.25, 0.3) is 16.3 Å². The molecule has 1 aromatic carbocycles. The molecule has 4 rings (SSSR count). The van der Waals surface area contributed by atoms with Crippen LogP contribution in [-0.4, -0.2) is 20.7 Å². The Morgan fingerprint density at radius 1 is 1.11 bits per heavy atom. The van der Waals surface area contributed by atoms with Crippen molar-refractivity contribution in [2.45, 2.75) is 6.54 Å². The Kier molecular flexibility index (Phi) is 5.00. The second kappa shape index (κ2) is 7.73. The highest BCUT2D eigenvalue weighted by Gasteiger charge is 2.18. The van der Waals surface area contributed by atoms with Crippen molar-refractivity contribution in [1.29, 1.82) is 0 Å². The zero-order valence-corrected chi connectivity index (χ0v) is 15.7. The molecule has 3 aromatic heterocycles. The van der Waals surface area contributed by atoms with Gasteiger partial charge in [0.2, 0.25) is 0 Å². The first kappa shape index (κ1) is 17.5. The van der Waals surface area contributed by atoms with Crippen LogP contribution in [0.2, 0.25) is 5.02 Å². The fourth-order valence-corrected chi connectivity index (χ4v) is 3.53. The van der Waals surface area contributed by atoms with Crippen LogP contribution < -0.4 is 5.32 Å². The maximum Gasteiger partial charge on any atom is 0.270 e. The monoisotopic (exact) mass is 394 g/mol. The minimum atomic E-state index is -0.206. The van der Waals surface area contributed by atoms with Crippen molar-refractivity contribution >= 4 is 28.8 Å². The fraction of sp³-hybridized carbons (Fsp3) is 0.0500. The van der Waals surface area contributed by atoms with E-state index >= 15 is 0 Å². The quantitative estimate of drug-likeness (QED) is 0.539. The molecule has 0 bridgehead atoms. The second-order valence-electron chi connectivity index (χ2n) is 5.82. The molecule has 5 nitrogen and oxygen atoms in total. The second-order valence-corrected chi connectivity index (χ2v) is 7.21. The number of hydrogen-bond donors (Lipinski definition) is 1. The van der Waals surface area contributed by atoms with Crippen LogP contribution in [-0.2, 0) is 6.54 Å². The Morgan fingerprint density at radius 3 is 2.70 bits per heavy atom. The Morgan fingerprint density at radius 2 is 1.96 bits per heavy atom. The Bertz CT molecular complexity index is 1060. The van der Waals surface area contributed by atoms with Crippen LogP contribution in [0.15, 0.2) is 72.4 Å². The average Bonchev–Trinajstić information content (AvgIpc) is 3.36. The number of amides is 1. The minimum Gasteiger partial charge on any atom is -0.347 e. The highest BCUT2D eigenvalue weighted by Crippen LogP contribution is 2.26. The molecule has 27 heavy (non-hydrogen) atoms. The number of nitrogens with zero attached hydrogens (tertiary/aromatic N) is 3. The highest BCUT2D eigenvalue weighted by atomic mass is 35.5. The topological polar surface area (TPSA) is 59.8 Å². The van der Waals surface area contributed by atoms with E-state index in [1.807, 2.05) is 41.8 Å². The lowest BCUT2D eigenvalue weighted by molar-refractivity contribution is 0.0943. The zero-order chi connectivity index (χ0) is 18.6. The molecule has 0 unspecified atom stereocenters. The van der Waals surface area contributed by atoms with Gasteiger partial charge in [-0.15, -0.1) is 11.3 Å². The summed E-state index contributed by atoms with van der Waals surface area (Å²) in [6, 6.07) is 16.8. The van der Waals surface area contributed by atoms with Gasteiger partial charge in [0.05, 0.1) is 10.6 Å². The van der Waals surface area contributed by atoms with E-state index in [0.29, 0.717) is 17.3 Å². The molecule has 7 heteroatoms. The summed E-state index contributed by atoms with van der Waals surface area (Å²) in [6.07, 6.45) is 3.40. The number of nitrogens with one attached hydrogen (secondary N) is 1. The maximum atomic E-state index is 12.9. The number of aromatic nitrogens is 3. The third-order valence-electron chi connectivity index (χ3n) is 3.97. The number of carbonyl (C=O) groups is 1. The van der Waals surface area contributed by atoms with E-state index in [1.54, 1.807) is 46.6 Å². The number of hydrogen-bond acceptors (Lipinski definition) is 4. The predicted octanol–water partition coefficient (Wildman–Crippen LogP) is 4.58. The number of pyridine rings is 1. The molecule has 0 fully saturated rings. The maximum absolute atomic E-state index is 12.9. The van der Waals surface area contributed by atoms with Crippen LogP contribution >= 0.6 is 22.9 Å². The predicted molar refractivity (Wildman–Crippen MR) is 107 cm³/mol. The molecule has 1 N–H and O–H groups in total. The smallest absolute Gasteiger partial charge is 0.270 e. The third-order valence-corrected chi connectivity index (χ3v) is 5.10.